The third-order valence-corrected chi connectivity index (χ3v) is 5.30. The van der Waals surface area contributed by atoms with Gasteiger partial charge in [0, 0.05) is 6.04 Å². The summed E-state index contributed by atoms with van der Waals surface area (Å²) in [6.45, 7) is 0. The Bertz CT molecular complexity index is 419. The lowest BCUT2D eigenvalue weighted by Crippen LogP contribution is -2.38. The lowest BCUT2D eigenvalue weighted by atomic mass is 10.0. The Kier molecular flexibility index (Phi) is 4.27. The normalized spacial score (nSPS) is 29.6. The van der Waals surface area contributed by atoms with Crippen LogP contribution >= 0.6 is 0 Å². The van der Waals surface area contributed by atoms with E-state index in [0.717, 1.165) is 36.3 Å². The molecule has 2 saturated carbocycles. The number of aryl methyl sites for hydroxylation is 1. The monoisotopic (exact) mass is 274 g/mol. The maximum Gasteiger partial charge on any atom is 0.118 e. The van der Waals surface area contributed by atoms with Crippen LogP contribution in [-0.4, -0.2) is 13.2 Å². The molecule has 0 spiro atoms. The summed E-state index contributed by atoms with van der Waals surface area (Å²) in [6, 6.07) is 8.89. The van der Waals surface area contributed by atoms with Crippen molar-refractivity contribution >= 4 is 0 Å². The summed E-state index contributed by atoms with van der Waals surface area (Å²) < 4.78 is 5.20. The van der Waals surface area contributed by atoms with Gasteiger partial charge < -0.3 is 4.74 Å². The molecule has 1 aromatic rings. The van der Waals surface area contributed by atoms with Crippen LogP contribution in [0.5, 0.6) is 5.75 Å². The number of hydrazine groups is 1. The van der Waals surface area contributed by atoms with Crippen molar-refractivity contribution in [1.82, 2.24) is 5.43 Å². The van der Waals surface area contributed by atoms with Gasteiger partial charge in [0.2, 0.25) is 0 Å². The first-order valence-electron chi connectivity index (χ1n) is 7.92. The summed E-state index contributed by atoms with van der Waals surface area (Å²) >= 11 is 0. The van der Waals surface area contributed by atoms with Gasteiger partial charge in [-0.25, -0.2) is 0 Å². The highest BCUT2D eigenvalue weighted by atomic mass is 16.5. The minimum atomic E-state index is 0.491. The van der Waals surface area contributed by atoms with Crippen LogP contribution in [0.3, 0.4) is 0 Å². The van der Waals surface area contributed by atoms with Crippen LogP contribution in [0.2, 0.25) is 0 Å². The van der Waals surface area contributed by atoms with Gasteiger partial charge in [-0.1, -0.05) is 25.0 Å². The van der Waals surface area contributed by atoms with Crippen LogP contribution in [0.25, 0.3) is 0 Å². The number of rotatable bonds is 6. The van der Waals surface area contributed by atoms with E-state index >= 15 is 0 Å². The minimum Gasteiger partial charge on any atom is -0.497 e. The van der Waals surface area contributed by atoms with E-state index < -0.39 is 0 Å². The van der Waals surface area contributed by atoms with E-state index in [0.29, 0.717) is 6.04 Å². The second-order valence-electron chi connectivity index (χ2n) is 6.35. The maximum absolute atomic E-state index is 5.81. The number of fused-ring (bicyclic) bond motifs is 1. The van der Waals surface area contributed by atoms with E-state index in [1.165, 1.54) is 31.2 Å². The number of methoxy groups -OCH3 is 1. The van der Waals surface area contributed by atoms with E-state index in [1.807, 2.05) is 12.1 Å². The molecule has 110 valence electrons. The average molecular weight is 274 g/mol. The molecule has 2 aliphatic rings. The van der Waals surface area contributed by atoms with E-state index in [1.54, 1.807) is 7.11 Å². The molecule has 0 aromatic heterocycles. The lowest BCUT2D eigenvalue weighted by Gasteiger charge is -2.16. The third-order valence-electron chi connectivity index (χ3n) is 5.30. The van der Waals surface area contributed by atoms with Gasteiger partial charge in [0.25, 0.3) is 0 Å². The topological polar surface area (TPSA) is 47.3 Å². The van der Waals surface area contributed by atoms with Gasteiger partial charge in [-0.05, 0) is 61.1 Å². The number of benzene rings is 1. The van der Waals surface area contributed by atoms with Crippen LogP contribution in [-0.2, 0) is 6.42 Å². The molecule has 3 nitrogen and oxygen atoms in total. The summed E-state index contributed by atoms with van der Waals surface area (Å²) in [5, 5.41) is 0. The van der Waals surface area contributed by atoms with Crippen LogP contribution in [0.4, 0.5) is 0 Å². The highest BCUT2D eigenvalue weighted by Gasteiger charge is 2.53. The van der Waals surface area contributed by atoms with Crippen molar-refractivity contribution in [2.24, 2.45) is 23.6 Å². The molecule has 3 rings (SSSR count). The van der Waals surface area contributed by atoms with Crippen molar-refractivity contribution in [3.8, 4) is 5.75 Å². The van der Waals surface area contributed by atoms with Gasteiger partial charge >= 0.3 is 0 Å². The summed E-state index contributed by atoms with van der Waals surface area (Å²) in [5.41, 5.74) is 4.46. The Hall–Kier alpha value is -1.06. The fraction of sp³-hybridized carbons (Fsp3) is 0.647. The quantitative estimate of drug-likeness (QED) is 0.619. The van der Waals surface area contributed by atoms with Crippen molar-refractivity contribution in [2.45, 2.75) is 44.6 Å². The van der Waals surface area contributed by atoms with Gasteiger partial charge in [-0.2, -0.15) is 0 Å². The largest absolute Gasteiger partial charge is 0.497 e. The van der Waals surface area contributed by atoms with Crippen LogP contribution in [0.15, 0.2) is 24.3 Å². The number of ether oxygens (including phenoxy) is 1. The first-order chi connectivity index (χ1) is 9.83. The smallest absolute Gasteiger partial charge is 0.118 e. The fourth-order valence-corrected chi connectivity index (χ4v) is 4.15. The first-order valence-corrected chi connectivity index (χ1v) is 7.92. The van der Waals surface area contributed by atoms with Gasteiger partial charge in [0.1, 0.15) is 5.75 Å². The SMILES string of the molecule is COc1ccc(CCC(NN)C2C3CCCCC32)cc1. The predicted octanol–water partition coefficient (Wildman–Crippen LogP) is 2.90. The third kappa shape index (κ3) is 2.84. The second-order valence-corrected chi connectivity index (χ2v) is 6.35. The van der Waals surface area contributed by atoms with Gasteiger partial charge in [-0.15, -0.1) is 0 Å². The Morgan fingerprint density at radius 1 is 1.20 bits per heavy atom. The summed E-state index contributed by atoms with van der Waals surface area (Å²) in [5.74, 6) is 9.49. The molecule has 0 amide bonds. The summed E-state index contributed by atoms with van der Waals surface area (Å²) in [6.07, 6.45) is 7.93. The van der Waals surface area contributed by atoms with E-state index in [4.69, 9.17) is 10.6 Å². The van der Waals surface area contributed by atoms with Gasteiger partial charge in [0.15, 0.2) is 0 Å². The molecular weight excluding hydrogens is 248 g/mol. The highest BCUT2D eigenvalue weighted by molar-refractivity contribution is 5.27. The molecule has 3 atom stereocenters. The van der Waals surface area contributed by atoms with Gasteiger partial charge in [0.05, 0.1) is 7.11 Å². The van der Waals surface area contributed by atoms with E-state index in [2.05, 4.69) is 17.6 Å². The van der Waals surface area contributed by atoms with E-state index in [-0.39, 0.29) is 0 Å². The van der Waals surface area contributed by atoms with Crippen molar-refractivity contribution in [2.75, 3.05) is 7.11 Å². The molecule has 0 radical (unpaired) electrons. The Balaban J connectivity index is 1.53. The molecule has 0 aliphatic heterocycles. The fourth-order valence-electron chi connectivity index (χ4n) is 4.15. The number of nitrogens with one attached hydrogen (secondary N) is 1. The van der Waals surface area contributed by atoms with Crippen LogP contribution in [0.1, 0.15) is 37.7 Å². The number of nitrogens with two attached hydrogens (primary N) is 1. The molecule has 3 unspecified atom stereocenters. The minimum absolute atomic E-state index is 0.491. The Morgan fingerprint density at radius 3 is 2.40 bits per heavy atom. The summed E-state index contributed by atoms with van der Waals surface area (Å²) in [7, 11) is 1.71. The predicted molar refractivity (Wildman–Crippen MR) is 81.4 cm³/mol. The zero-order valence-electron chi connectivity index (χ0n) is 12.3. The molecule has 3 N–H and O–H groups in total. The second kappa shape index (κ2) is 6.15. The maximum atomic E-state index is 5.81. The van der Waals surface area contributed by atoms with Crippen LogP contribution < -0.4 is 16.0 Å². The van der Waals surface area contributed by atoms with Crippen molar-refractivity contribution < 1.29 is 4.74 Å². The first kappa shape index (κ1) is 13.9. The molecule has 3 heteroatoms. The average Bonchev–Trinajstić information content (AvgIpc) is 3.23. The van der Waals surface area contributed by atoms with Crippen molar-refractivity contribution in [3.63, 3.8) is 0 Å². The molecule has 2 aliphatic carbocycles. The van der Waals surface area contributed by atoms with Crippen LogP contribution in [0, 0.1) is 17.8 Å². The molecule has 0 heterocycles. The highest BCUT2D eigenvalue weighted by Crippen LogP contribution is 2.57. The van der Waals surface area contributed by atoms with E-state index in [9.17, 15) is 0 Å². The Labute approximate surface area is 121 Å². The van der Waals surface area contributed by atoms with Crippen molar-refractivity contribution in [3.05, 3.63) is 29.8 Å². The molecule has 0 bridgehead atoms. The summed E-state index contributed by atoms with van der Waals surface area (Å²) in [4.78, 5) is 0. The van der Waals surface area contributed by atoms with Gasteiger partial charge in [-0.3, -0.25) is 11.3 Å². The number of hydrogen-bond acceptors (Lipinski definition) is 3. The lowest BCUT2D eigenvalue weighted by molar-refractivity contribution is 0.411. The zero-order chi connectivity index (χ0) is 13.9. The van der Waals surface area contributed by atoms with Crippen molar-refractivity contribution in [1.29, 1.82) is 0 Å². The molecule has 1 aromatic carbocycles. The number of hydrogen-bond donors (Lipinski definition) is 2. The standard InChI is InChI=1S/C17H26N2O/c1-20-13-9-6-12(7-10-13)8-11-16(19-18)17-14-4-2-3-5-15(14)17/h6-7,9-10,14-17,19H,2-5,8,11,18H2,1H3. The molecule has 2 fully saturated rings. The molecule has 0 saturated heterocycles. The molecular formula is C17H26N2O. The zero-order valence-corrected chi connectivity index (χ0v) is 12.3. The Morgan fingerprint density at radius 2 is 1.85 bits per heavy atom. The molecule has 20 heavy (non-hydrogen) atoms.